The molecule has 2 fully saturated rings. The molecule has 156 valence electrons. The van der Waals surface area contributed by atoms with Crippen LogP contribution in [-0.4, -0.2) is 45.8 Å². The second-order valence-electron chi connectivity index (χ2n) is 9.22. The number of nitrogens with zero attached hydrogens (tertiary/aromatic N) is 2. The van der Waals surface area contributed by atoms with Gasteiger partial charge in [0.05, 0.1) is 0 Å². The molecule has 2 N–H and O–H groups in total. The molecule has 0 bridgehead atoms. The number of amides is 2. The molecule has 1 saturated heterocycles. The van der Waals surface area contributed by atoms with Crippen molar-refractivity contribution in [1.82, 2.24) is 15.1 Å². The maximum atomic E-state index is 12.6. The lowest BCUT2D eigenvalue weighted by Crippen LogP contribution is -2.43. The molecule has 7 heteroatoms. The molecule has 1 aliphatic carbocycles. The highest BCUT2D eigenvalue weighted by molar-refractivity contribution is 5.91. The highest BCUT2D eigenvalue weighted by Crippen LogP contribution is 2.27. The molecular formula is C21H34N4O3. The maximum Gasteiger partial charge on any atom is 0.410 e. The Kier molecular flexibility index (Phi) is 6.62. The summed E-state index contributed by atoms with van der Waals surface area (Å²) in [6.07, 6.45) is 8.58. The SMILES string of the molecule is CC(C)(C)OC(=O)N1CCC(C(=O)Nc2cc(CC3CCCCC3)[nH]n2)CC1. The number of anilines is 1. The number of rotatable bonds is 4. The first-order valence-electron chi connectivity index (χ1n) is 10.6. The molecule has 0 unspecified atom stereocenters. The Labute approximate surface area is 167 Å². The third-order valence-corrected chi connectivity index (χ3v) is 5.63. The third kappa shape index (κ3) is 5.97. The van der Waals surface area contributed by atoms with Crippen LogP contribution in [-0.2, 0) is 16.0 Å². The highest BCUT2D eigenvalue weighted by atomic mass is 16.6. The van der Waals surface area contributed by atoms with Crippen LogP contribution < -0.4 is 5.32 Å². The van der Waals surface area contributed by atoms with Gasteiger partial charge in [-0.1, -0.05) is 32.1 Å². The van der Waals surface area contributed by atoms with Gasteiger partial charge in [0.2, 0.25) is 5.91 Å². The molecule has 0 spiro atoms. The Hall–Kier alpha value is -2.05. The maximum absolute atomic E-state index is 12.6. The van der Waals surface area contributed by atoms with Crippen LogP contribution in [0, 0.1) is 11.8 Å². The van der Waals surface area contributed by atoms with Gasteiger partial charge in [-0.2, -0.15) is 5.10 Å². The number of piperidine rings is 1. The van der Waals surface area contributed by atoms with Gasteiger partial charge in [0.25, 0.3) is 0 Å². The molecule has 1 aromatic heterocycles. The number of hydrogen-bond acceptors (Lipinski definition) is 4. The number of aromatic nitrogens is 2. The van der Waals surface area contributed by atoms with E-state index in [-0.39, 0.29) is 17.9 Å². The van der Waals surface area contributed by atoms with E-state index >= 15 is 0 Å². The third-order valence-electron chi connectivity index (χ3n) is 5.63. The Morgan fingerprint density at radius 1 is 1.18 bits per heavy atom. The standard InChI is InChI=1S/C21H34N4O3/c1-21(2,3)28-20(27)25-11-9-16(10-12-25)19(26)22-18-14-17(23-24-18)13-15-7-5-4-6-8-15/h14-16H,4-13H2,1-3H3,(H2,22,23,24,26). The molecule has 7 nitrogen and oxygen atoms in total. The average molecular weight is 391 g/mol. The van der Waals surface area contributed by atoms with E-state index in [1.165, 1.54) is 32.1 Å². The van der Waals surface area contributed by atoms with E-state index in [0.717, 1.165) is 18.0 Å². The van der Waals surface area contributed by atoms with Crippen molar-refractivity contribution in [3.8, 4) is 0 Å². The lowest BCUT2D eigenvalue weighted by atomic mass is 9.86. The van der Waals surface area contributed by atoms with E-state index in [0.29, 0.717) is 31.7 Å². The smallest absolute Gasteiger partial charge is 0.410 e. The van der Waals surface area contributed by atoms with Gasteiger partial charge in [0, 0.05) is 30.8 Å². The quantitative estimate of drug-likeness (QED) is 0.810. The Bertz CT molecular complexity index is 665. The number of carbonyl (C=O) groups is 2. The van der Waals surface area contributed by atoms with Crippen molar-refractivity contribution in [2.45, 2.75) is 77.7 Å². The van der Waals surface area contributed by atoms with Gasteiger partial charge < -0.3 is 15.0 Å². The van der Waals surface area contributed by atoms with E-state index in [2.05, 4.69) is 15.5 Å². The fraction of sp³-hybridized carbons (Fsp3) is 0.762. The van der Waals surface area contributed by atoms with Crippen LogP contribution in [0.25, 0.3) is 0 Å². The van der Waals surface area contributed by atoms with Crippen LogP contribution in [0.5, 0.6) is 0 Å². The average Bonchev–Trinajstić information content (AvgIpc) is 3.08. The van der Waals surface area contributed by atoms with Crippen LogP contribution in [0.3, 0.4) is 0 Å². The molecule has 0 atom stereocenters. The summed E-state index contributed by atoms with van der Waals surface area (Å²) in [4.78, 5) is 26.4. The fourth-order valence-corrected chi connectivity index (χ4v) is 4.11. The van der Waals surface area contributed by atoms with E-state index in [1.54, 1.807) is 4.90 Å². The molecule has 3 rings (SSSR count). The van der Waals surface area contributed by atoms with Crippen LogP contribution in [0.2, 0.25) is 0 Å². The van der Waals surface area contributed by atoms with E-state index in [1.807, 2.05) is 26.8 Å². The number of ether oxygens (including phenoxy) is 1. The summed E-state index contributed by atoms with van der Waals surface area (Å²) in [6, 6.07) is 1.96. The van der Waals surface area contributed by atoms with Crippen molar-refractivity contribution in [3.05, 3.63) is 11.8 Å². The Morgan fingerprint density at radius 3 is 2.50 bits per heavy atom. The predicted molar refractivity (Wildman–Crippen MR) is 108 cm³/mol. The molecule has 0 aromatic carbocycles. The Balaban J connectivity index is 1.44. The van der Waals surface area contributed by atoms with Gasteiger partial charge in [0.1, 0.15) is 5.60 Å². The molecule has 1 aromatic rings. The first kappa shape index (κ1) is 20.7. The zero-order valence-electron chi connectivity index (χ0n) is 17.4. The van der Waals surface area contributed by atoms with Crippen LogP contribution in [0.1, 0.15) is 71.4 Å². The minimum Gasteiger partial charge on any atom is -0.444 e. The first-order chi connectivity index (χ1) is 13.3. The molecule has 2 aliphatic rings. The summed E-state index contributed by atoms with van der Waals surface area (Å²) in [5.41, 5.74) is 0.600. The summed E-state index contributed by atoms with van der Waals surface area (Å²) < 4.78 is 5.41. The van der Waals surface area contributed by atoms with Gasteiger partial charge in [-0.25, -0.2) is 4.79 Å². The topological polar surface area (TPSA) is 87.3 Å². The summed E-state index contributed by atoms with van der Waals surface area (Å²) >= 11 is 0. The lowest BCUT2D eigenvalue weighted by molar-refractivity contribution is -0.121. The second kappa shape index (κ2) is 8.97. The van der Waals surface area contributed by atoms with Crippen LogP contribution >= 0.6 is 0 Å². The predicted octanol–water partition coefficient (Wildman–Crippen LogP) is 4.12. The van der Waals surface area contributed by atoms with Crippen molar-refractivity contribution in [1.29, 1.82) is 0 Å². The minimum absolute atomic E-state index is 0.0143. The van der Waals surface area contributed by atoms with Crippen molar-refractivity contribution >= 4 is 17.8 Å². The number of hydrogen-bond donors (Lipinski definition) is 2. The zero-order chi connectivity index (χ0) is 20.1. The van der Waals surface area contributed by atoms with Gasteiger partial charge in [-0.05, 0) is 46.0 Å². The number of nitrogens with one attached hydrogen (secondary N) is 2. The van der Waals surface area contributed by atoms with Crippen molar-refractivity contribution in [2.75, 3.05) is 18.4 Å². The summed E-state index contributed by atoms with van der Waals surface area (Å²) in [7, 11) is 0. The van der Waals surface area contributed by atoms with Gasteiger partial charge in [-0.3, -0.25) is 9.89 Å². The fourth-order valence-electron chi connectivity index (χ4n) is 4.11. The zero-order valence-corrected chi connectivity index (χ0v) is 17.4. The van der Waals surface area contributed by atoms with Gasteiger partial charge >= 0.3 is 6.09 Å². The van der Waals surface area contributed by atoms with E-state index < -0.39 is 5.60 Å². The largest absolute Gasteiger partial charge is 0.444 e. The lowest BCUT2D eigenvalue weighted by Gasteiger charge is -2.32. The number of carbonyl (C=O) groups excluding carboxylic acids is 2. The molecular weight excluding hydrogens is 356 g/mol. The van der Waals surface area contributed by atoms with E-state index in [4.69, 9.17) is 4.74 Å². The van der Waals surface area contributed by atoms with Crippen molar-refractivity contribution in [3.63, 3.8) is 0 Å². The summed E-state index contributed by atoms with van der Waals surface area (Å²) in [5.74, 6) is 1.22. The van der Waals surface area contributed by atoms with Gasteiger partial charge in [-0.15, -0.1) is 0 Å². The molecule has 1 saturated carbocycles. The van der Waals surface area contributed by atoms with Crippen LogP contribution in [0.4, 0.5) is 10.6 Å². The first-order valence-corrected chi connectivity index (χ1v) is 10.6. The molecule has 2 amide bonds. The molecule has 1 aliphatic heterocycles. The van der Waals surface area contributed by atoms with Gasteiger partial charge in [0.15, 0.2) is 5.82 Å². The minimum atomic E-state index is -0.499. The highest BCUT2D eigenvalue weighted by Gasteiger charge is 2.30. The van der Waals surface area contributed by atoms with Crippen molar-refractivity contribution in [2.24, 2.45) is 11.8 Å². The number of H-pyrrole nitrogens is 1. The summed E-state index contributed by atoms with van der Waals surface area (Å²) in [6.45, 7) is 6.66. The number of aromatic amines is 1. The van der Waals surface area contributed by atoms with Crippen molar-refractivity contribution < 1.29 is 14.3 Å². The number of likely N-dealkylation sites (tertiary alicyclic amines) is 1. The van der Waals surface area contributed by atoms with Crippen LogP contribution in [0.15, 0.2) is 6.07 Å². The summed E-state index contributed by atoms with van der Waals surface area (Å²) in [5, 5.41) is 10.3. The van der Waals surface area contributed by atoms with E-state index in [9.17, 15) is 9.59 Å². The second-order valence-corrected chi connectivity index (χ2v) is 9.22. The molecule has 2 heterocycles. The normalized spacial score (nSPS) is 19.5. The monoisotopic (exact) mass is 390 g/mol. The Morgan fingerprint density at radius 2 is 1.86 bits per heavy atom. The molecule has 0 radical (unpaired) electrons. The molecule has 28 heavy (non-hydrogen) atoms.